The van der Waals surface area contributed by atoms with Gasteiger partial charge in [0.15, 0.2) is 0 Å². The summed E-state index contributed by atoms with van der Waals surface area (Å²) in [5, 5.41) is 4.36. The van der Waals surface area contributed by atoms with Crippen molar-refractivity contribution in [2.75, 3.05) is 6.54 Å². The fraction of sp³-hybridized carbons (Fsp3) is 0.571. The molecule has 0 aromatic heterocycles. The minimum absolute atomic E-state index is 0.340. The van der Waals surface area contributed by atoms with E-state index in [9.17, 15) is 0 Å². The lowest BCUT2D eigenvalue weighted by Gasteiger charge is -2.14. The fourth-order valence-corrected chi connectivity index (χ4v) is 2.52. The van der Waals surface area contributed by atoms with E-state index < -0.39 is 0 Å². The first-order valence-electron chi connectivity index (χ1n) is 6.02. The Morgan fingerprint density at radius 1 is 1.50 bits per heavy atom. The van der Waals surface area contributed by atoms with Gasteiger partial charge in [0.25, 0.3) is 0 Å². The third kappa shape index (κ3) is 2.41. The van der Waals surface area contributed by atoms with Crippen molar-refractivity contribution < 1.29 is 0 Å². The molecule has 1 saturated carbocycles. The van der Waals surface area contributed by atoms with Gasteiger partial charge >= 0.3 is 0 Å². The third-order valence-corrected chi connectivity index (χ3v) is 3.90. The van der Waals surface area contributed by atoms with Crippen LogP contribution in [0.2, 0.25) is 5.02 Å². The first kappa shape index (κ1) is 11.9. The second-order valence-electron chi connectivity index (χ2n) is 5.39. The molecule has 1 aromatic carbocycles. The number of rotatable bonds is 4. The summed E-state index contributed by atoms with van der Waals surface area (Å²) in [6, 6.07) is 8.87. The van der Waals surface area contributed by atoms with Crippen molar-refractivity contribution in [1.82, 2.24) is 5.32 Å². The van der Waals surface area contributed by atoms with Gasteiger partial charge in [-0.05, 0) is 42.0 Å². The van der Waals surface area contributed by atoms with Crippen LogP contribution in [0.4, 0.5) is 0 Å². The van der Waals surface area contributed by atoms with E-state index in [1.807, 2.05) is 12.1 Å². The highest BCUT2D eigenvalue weighted by Gasteiger charge is 2.50. The van der Waals surface area contributed by atoms with Crippen LogP contribution in [0.25, 0.3) is 0 Å². The Kier molecular flexibility index (Phi) is 3.27. The molecule has 1 aromatic rings. The lowest BCUT2D eigenvalue weighted by atomic mass is 9.95. The van der Waals surface area contributed by atoms with Crippen molar-refractivity contribution in [2.24, 2.45) is 5.92 Å². The molecule has 1 nitrogen and oxygen atoms in total. The monoisotopic (exact) mass is 237 g/mol. The van der Waals surface area contributed by atoms with Crippen molar-refractivity contribution in [3.8, 4) is 0 Å². The zero-order valence-electron chi connectivity index (χ0n) is 10.3. The summed E-state index contributed by atoms with van der Waals surface area (Å²) in [5.41, 5.74) is 1.72. The van der Waals surface area contributed by atoms with Crippen molar-refractivity contribution in [2.45, 2.75) is 38.6 Å². The number of hydrogen-bond donors (Lipinski definition) is 1. The Morgan fingerprint density at radius 2 is 2.25 bits per heavy atom. The number of nitrogens with one attached hydrogen (secondary N) is 1. The molecule has 0 aliphatic heterocycles. The number of hydrogen-bond acceptors (Lipinski definition) is 1. The van der Waals surface area contributed by atoms with Gasteiger partial charge < -0.3 is 5.32 Å². The normalized spacial score (nSPS) is 28.4. The lowest BCUT2D eigenvalue weighted by Crippen LogP contribution is -2.26. The van der Waals surface area contributed by atoms with Crippen molar-refractivity contribution in [1.29, 1.82) is 0 Å². The quantitative estimate of drug-likeness (QED) is 0.844. The van der Waals surface area contributed by atoms with Crippen LogP contribution in [0.3, 0.4) is 0 Å². The predicted octanol–water partition coefficient (Wildman–Crippen LogP) is 3.62. The first-order chi connectivity index (χ1) is 7.52. The molecule has 0 saturated heterocycles. The van der Waals surface area contributed by atoms with Gasteiger partial charge in [0.2, 0.25) is 0 Å². The smallest absolute Gasteiger partial charge is 0.0408 e. The highest BCUT2D eigenvalue weighted by Crippen LogP contribution is 2.53. The van der Waals surface area contributed by atoms with Crippen LogP contribution in [-0.4, -0.2) is 12.6 Å². The van der Waals surface area contributed by atoms with Crippen LogP contribution in [0, 0.1) is 5.92 Å². The maximum absolute atomic E-state index is 6.04. The molecule has 0 heterocycles. The summed E-state index contributed by atoms with van der Waals surface area (Å²) in [6.07, 6.45) is 1.27. The minimum Gasteiger partial charge on any atom is -0.314 e. The van der Waals surface area contributed by atoms with E-state index in [0.717, 1.165) is 17.5 Å². The Labute approximate surface area is 103 Å². The van der Waals surface area contributed by atoms with Crippen LogP contribution < -0.4 is 5.32 Å². The molecule has 1 N–H and O–H groups in total. The van der Waals surface area contributed by atoms with E-state index >= 15 is 0 Å². The SMILES string of the molecule is CC(C)NCC1CC1(C)c1cccc(Cl)c1. The van der Waals surface area contributed by atoms with Crippen LogP contribution in [0.15, 0.2) is 24.3 Å². The summed E-state index contributed by atoms with van der Waals surface area (Å²) < 4.78 is 0. The molecular weight excluding hydrogens is 218 g/mol. The van der Waals surface area contributed by atoms with Crippen LogP contribution in [-0.2, 0) is 5.41 Å². The van der Waals surface area contributed by atoms with Crippen LogP contribution in [0.1, 0.15) is 32.8 Å². The molecule has 2 heteroatoms. The lowest BCUT2D eigenvalue weighted by molar-refractivity contribution is 0.528. The van der Waals surface area contributed by atoms with Crippen LogP contribution >= 0.6 is 11.6 Å². The van der Waals surface area contributed by atoms with Gasteiger partial charge in [0.1, 0.15) is 0 Å². The molecule has 2 unspecified atom stereocenters. The second kappa shape index (κ2) is 4.38. The molecule has 0 bridgehead atoms. The van der Waals surface area contributed by atoms with Gasteiger partial charge in [0.05, 0.1) is 0 Å². The third-order valence-electron chi connectivity index (χ3n) is 3.67. The van der Waals surface area contributed by atoms with Gasteiger partial charge in [-0.1, -0.05) is 44.5 Å². The van der Waals surface area contributed by atoms with E-state index in [4.69, 9.17) is 11.6 Å². The average molecular weight is 238 g/mol. The minimum atomic E-state index is 0.340. The maximum Gasteiger partial charge on any atom is 0.0408 e. The molecule has 16 heavy (non-hydrogen) atoms. The Morgan fingerprint density at radius 3 is 2.88 bits per heavy atom. The summed E-state index contributed by atoms with van der Waals surface area (Å²) in [5.74, 6) is 0.758. The summed E-state index contributed by atoms with van der Waals surface area (Å²) in [4.78, 5) is 0. The highest BCUT2D eigenvalue weighted by molar-refractivity contribution is 6.30. The van der Waals surface area contributed by atoms with Crippen molar-refractivity contribution in [3.05, 3.63) is 34.9 Å². The molecule has 0 spiro atoms. The summed E-state index contributed by atoms with van der Waals surface area (Å²) in [6.45, 7) is 7.84. The van der Waals surface area contributed by atoms with E-state index in [2.05, 4.69) is 38.2 Å². The average Bonchev–Trinajstić information content (AvgIpc) is 2.88. The van der Waals surface area contributed by atoms with Crippen molar-refractivity contribution in [3.63, 3.8) is 0 Å². The number of benzene rings is 1. The van der Waals surface area contributed by atoms with Gasteiger partial charge in [-0.3, -0.25) is 0 Å². The zero-order valence-corrected chi connectivity index (χ0v) is 11.0. The summed E-state index contributed by atoms with van der Waals surface area (Å²) >= 11 is 6.04. The van der Waals surface area contributed by atoms with Crippen LogP contribution in [0.5, 0.6) is 0 Å². The molecule has 1 fully saturated rings. The van der Waals surface area contributed by atoms with Gasteiger partial charge in [-0.2, -0.15) is 0 Å². The Bertz CT molecular complexity index is 375. The standard InChI is InChI=1S/C14H20ClN/c1-10(2)16-9-12-8-14(12,3)11-5-4-6-13(15)7-11/h4-7,10,12,16H,8-9H2,1-3H3. The van der Waals surface area contributed by atoms with E-state index in [1.54, 1.807) is 0 Å². The molecular formula is C14H20ClN. The summed E-state index contributed by atoms with van der Waals surface area (Å²) in [7, 11) is 0. The maximum atomic E-state index is 6.04. The molecule has 1 aliphatic rings. The topological polar surface area (TPSA) is 12.0 Å². The van der Waals surface area contributed by atoms with E-state index in [-0.39, 0.29) is 0 Å². The van der Waals surface area contributed by atoms with Crippen molar-refractivity contribution >= 4 is 11.6 Å². The largest absolute Gasteiger partial charge is 0.314 e. The van der Waals surface area contributed by atoms with E-state index in [0.29, 0.717) is 11.5 Å². The molecule has 1 aliphatic carbocycles. The molecule has 0 radical (unpaired) electrons. The Balaban J connectivity index is 2.01. The number of halogens is 1. The first-order valence-corrected chi connectivity index (χ1v) is 6.39. The van der Waals surface area contributed by atoms with Gasteiger partial charge in [0, 0.05) is 11.1 Å². The van der Waals surface area contributed by atoms with Gasteiger partial charge in [-0.25, -0.2) is 0 Å². The van der Waals surface area contributed by atoms with E-state index in [1.165, 1.54) is 12.0 Å². The second-order valence-corrected chi connectivity index (χ2v) is 5.83. The molecule has 88 valence electrons. The van der Waals surface area contributed by atoms with Gasteiger partial charge in [-0.15, -0.1) is 0 Å². The fourth-order valence-electron chi connectivity index (χ4n) is 2.33. The molecule has 2 atom stereocenters. The predicted molar refractivity (Wildman–Crippen MR) is 70.0 cm³/mol. The highest BCUT2D eigenvalue weighted by atomic mass is 35.5. The molecule has 0 amide bonds. The Hall–Kier alpha value is -0.530. The zero-order chi connectivity index (χ0) is 11.8. The molecule has 2 rings (SSSR count).